The number of methoxy groups -OCH3 is 1. The Balaban J connectivity index is 1.65. The zero-order chi connectivity index (χ0) is 9.10. The molecule has 76 valence electrons. The first kappa shape index (κ1) is 9.47. The van der Waals surface area contributed by atoms with Crippen molar-refractivity contribution in [2.45, 2.75) is 63.1 Å². The molecule has 2 rings (SSSR count). The largest absolute Gasteiger partial charge is 0.381 e. The van der Waals surface area contributed by atoms with Gasteiger partial charge in [0, 0.05) is 19.2 Å². The Morgan fingerprint density at radius 2 is 1.54 bits per heavy atom. The van der Waals surface area contributed by atoms with Crippen LogP contribution in [0.3, 0.4) is 0 Å². The summed E-state index contributed by atoms with van der Waals surface area (Å²) in [5.74, 6) is 0. The molecule has 0 bridgehead atoms. The summed E-state index contributed by atoms with van der Waals surface area (Å²) in [5, 5.41) is 3.74. The first-order valence-corrected chi connectivity index (χ1v) is 5.67. The van der Waals surface area contributed by atoms with Crippen molar-refractivity contribution in [3.8, 4) is 0 Å². The summed E-state index contributed by atoms with van der Waals surface area (Å²) in [6.45, 7) is 0. The van der Waals surface area contributed by atoms with Gasteiger partial charge in [-0.15, -0.1) is 0 Å². The fourth-order valence-corrected chi connectivity index (χ4v) is 2.37. The molecule has 13 heavy (non-hydrogen) atoms. The number of hydrogen-bond donors (Lipinski definition) is 1. The van der Waals surface area contributed by atoms with Crippen molar-refractivity contribution >= 4 is 0 Å². The van der Waals surface area contributed by atoms with E-state index in [4.69, 9.17) is 4.74 Å². The summed E-state index contributed by atoms with van der Waals surface area (Å²) in [6.07, 6.45) is 9.92. The first-order valence-electron chi connectivity index (χ1n) is 5.67. The van der Waals surface area contributed by atoms with E-state index in [1.807, 2.05) is 7.11 Å². The summed E-state index contributed by atoms with van der Waals surface area (Å²) < 4.78 is 5.36. The topological polar surface area (TPSA) is 21.3 Å². The van der Waals surface area contributed by atoms with Crippen LogP contribution in [0.2, 0.25) is 0 Å². The van der Waals surface area contributed by atoms with Crippen LogP contribution in [0.1, 0.15) is 44.9 Å². The molecule has 0 heterocycles. The molecule has 0 saturated heterocycles. The van der Waals surface area contributed by atoms with Crippen molar-refractivity contribution in [2.75, 3.05) is 7.11 Å². The van der Waals surface area contributed by atoms with Gasteiger partial charge in [-0.2, -0.15) is 0 Å². The third kappa shape index (κ3) is 2.44. The minimum Gasteiger partial charge on any atom is -0.381 e. The van der Waals surface area contributed by atoms with E-state index in [0.29, 0.717) is 6.10 Å². The Morgan fingerprint density at radius 1 is 0.923 bits per heavy atom. The molecular weight excluding hydrogens is 162 g/mol. The highest BCUT2D eigenvalue weighted by Crippen LogP contribution is 2.24. The monoisotopic (exact) mass is 183 g/mol. The average molecular weight is 183 g/mol. The molecule has 0 radical (unpaired) electrons. The second-order valence-corrected chi connectivity index (χ2v) is 4.50. The van der Waals surface area contributed by atoms with Crippen LogP contribution in [0.25, 0.3) is 0 Å². The quantitative estimate of drug-likeness (QED) is 0.723. The standard InChI is InChI=1S/C11H21NO/c1-13-11-7-5-10(6-8-11)12-9-3-2-4-9/h9-12H,2-8H2,1H3. The van der Waals surface area contributed by atoms with E-state index in [9.17, 15) is 0 Å². The average Bonchev–Trinajstić information content (AvgIpc) is 2.12. The Hall–Kier alpha value is -0.0800. The highest BCUT2D eigenvalue weighted by atomic mass is 16.5. The Labute approximate surface area is 81.0 Å². The van der Waals surface area contributed by atoms with Gasteiger partial charge in [0.15, 0.2) is 0 Å². The number of rotatable bonds is 3. The maximum absolute atomic E-state index is 5.36. The van der Waals surface area contributed by atoms with E-state index in [0.717, 1.165) is 12.1 Å². The number of ether oxygens (including phenoxy) is 1. The van der Waals surface area contributed by atoms with Gasteiger partial charge >= 0.3 is 0 Å². The van der Waals surface area contributed by atoms with Crippen molar-refractivity contribution in [3.05, 3.63) is 0 Å². The summed E-state index contributed by atoms with van der Waals surface area (Å²) in [7, 11) is 1.84. The highest BCUT2D eigenvalue weighted by molar-refractivity contribution is 4.84. The molecule has 0 atom stereocenters. The first-order chi connectivity index (χ1) is 6.38. The maximum Gasteiger partial charge on any atom is 0.0572 e. The molecule has 0 spiro atoms. The Kier molecular flexibility index (Phi) is 3.23. The Morgan fingerprint density at radius 3 is 2.00 bits per heavy atom. The predicted molar refractivity (Wildman–Crippen MR) is 53.8 cm³/mol. The van der Waals surface area contributed by atoms with Crippen molar-refractivity contribution in [1.29, 1.82) is 0 Å². The SMILES string of the molecule is COC1CCC(NC2CCC2)CC1. The van der Waals surface area contributed by atoms with Crippen molar-refractivity contribution in [3.63, 3.8) is 0 Å². The lowest BCUT2D eigenvalue weighted by Gasteiger charge is -2.35. The van der Waals surface area contributed by atoms with E-state index in [-0.39, 0.29) is 0 Å². The van der Waals surface area contributed by atoms with Crippen LogP contribution >= 0.6 is 0 Å². The molecule has 0 aliphatic heterocycles. The van der Waals surface area contributed by atoms with Crippen LogP contribution in [0, 0.1) is 0 Å². The molecule has 0 aromatic rings. The van der Waals surface area contributed by atoms with Gasteiger partial charge in [-0.25, -0.2) is 0 Å². The van der Waals surface area contributed by atoms with Gasteiger partial charge in [0.2, 0.25) is 0 Å². The van der Waals surface area contributed by atoms with Crippen LogP contribution in [0.15, 0.2) is 0 Å². The van der Waals surface area contributed by atoms with Crippen LogP contribution < -0.4 is 5.32 Å². The van der Waals surface area contributed by atoms with E-state index in [1.165, 1.54) is 44.9 Å². The van der Waals surface area contributed by atoms with Crippen molar-refractivity contribution in [1.82, 2.24) is 5.32 Å². The normalized spacial score (nSPS) is 35.8. The third-order valence-electron chi connectivity index (χ3n) is 3.58. The molecule has 0 amide bonds. The molecule has 2 fully saturated rings. The number of nitrogens with one attached hydrogen (secondary N) is 1. The van der Waals surface area contributed by atoms with E-state index >= 15 is 0 Å². The fourth-order valence-electron chi connectivity index (χ4n) is 2.37. The predicted octanol–water partition coefficient (Wildman–Crippen LogP) is 2.09. The van der Waals surface area contributed by atoms with Gasteiger partial charge in [-0.3, -0.25) is 0 Å². The third-order valence-corrected chi connectivity index (χ3v) is 3.58. The smallest absolute Gasteiger partial charge is 0.0572 e. The highest BCUT2D eigenvalue weighted by Gasteiger charge is 2.25. The van der Waals surface area contributed by atoms with Crippen LogP contribution in [0.4, 0.5) is 0 Å². The summed E-state index contributed by atoms with van der Waals surface area (Å²) in [4.78, 5) is 0. The lowest BCUT2D eigenvalue weighted by Crippen LogP contribution is -2.44. The lowest BCUT2D eigenvalue weighted by molar-refractivity contribution is 0.0594. The van der Waals surface area contributed by atoms with E-state index in [1.54, 1.807) is 0 Å². The number of hydrogen-bond acceptors (Lipinski definition) is 2. The summed E-state index contributed by atoms with van der Waals surface area (Å²) in [5.41, 5.74) is 0. The van der Waals surface area contributed by atoms with Gasteiger partial charge in [-0.05, 0) is 38.5 Å². The molecule has 0 aromatic carbocycles. The lowest BCUT2D eigenvalue weighted by atomic mass is 9.88. The van der Waals surface area contributed by atoms with Gasteiger partial charge in [0.25, 0.3) is 0 Å². The maximum atomic E-state index is 5.36. The second kappa shape index (κ2) is 4.43. The van der Waals surface area contributed by atoms with Gasteiger partial charge in [0.1, 0.15) is 0 Å². The summed E-state index contributed by atoms with van der Waals surface area (Å²) >= 11 is 0. The zero-order valence-electron chi connectivity index (χ0n) is 8.59. The molecule has 2 aliphatic rings. The van der Waals surface area contributed by atoms with E-state index in [2.05, 4.69) is 5.32 Å². The van der Waals surface area contributed by atoms with Crippen LogP contribution in [-0.2, 0) is 4.74 Å². The molecule has 1 N–H and O–H groups in total. The molecular formula is C11H21NO. The molecule has 2 aliphatic carbocycles. The minimum absolute atomic E-state index is 0.541. The van der Waals surface area contributed by atoms with Gasteiger partial charge < -0.3 is 10.1 Å². The summed E-state index contributed by atoms with van der Waals surface area (Å²) in [6, 6.07) is 1.64. The Bertz CT molecular complexity index is 148. The van der Waals surface area contributed by atoms with Gasteiger partial charge in [0.05, 0.1) is 6.10 Å². The van der Waals surface area contributed by atoms with Crippen LogP contribution in [0.5, 0.6) is 0 Å². The zero-order valence-corrected chi connectivity index (χ0v) is 8.59. The second-order valence-electron chi connectivity index (χ2n) is 4.50. The van der Waals surface area contributed by atoms with E-state index < -0.39 is 0 Å². The molecule has 0 aromatic heterocycles. The van der Waals surface area contributed by atoms with Crippen molar-refractivity contribution in [2.24, 2.45) is 0 Å². The van der Waals surface area contributed by atoms with Crippen LogP contribution in [-0.4, -0.2) is 25.3 Å². The molecule has 2 nitrogen and oxygen atoms in total. The molecule has 2 saturated carbocycles. The fraction of sp³-hybridized carbons (Fsp3) is 1.00. The molecule has 0 unspecified atom stereocenters. The minimum atomic E-state index is 0.541. The van der Waals surface area contributed by atoms with Crippen molar-refractivity contribution < 1.29 is 4.74 Å². The van der Waals surface area contributed by atoms with Gasteiger partial charge in [-0.1, -0.05) is 6.42 Å². The molecule has 2 heteroatoms.